The van der Waals surface area contributed by atoms with Crippen LogP contribution in [-0.4, -0.2) is 41.3 Å². The summed E-state index contributed by atoms with van der Waals surface area (Å²) in [6, 6.07) is 11.7. The van der Waals surface area contributed by atoms with Crippen LogP contribution in [0.5, 0.6) is 0 Å². The van der Waals surface area contributed by atoms with E-state index in [0.717, 1.165) is 60.1 Å². The monoisotopic (exact) mass is 481 g/mol. The van der Waals surface area contributed by atoms with E-state index in [1.54, 1.807) is 6.20 Å². The Morgan fingerprint density at radius 2 is 1.89 bits per heavy atom. The van der Waals surface area contributed by atoms with Crippen LogP contribution in [-0.2, 0) is 6.54 Å². The van der Waals surface area contributed by atoms with E-state index in [-0.39, 0.29) is 23.4 Å². The van der Waals surface area contributed by atoms with Gasteiger partial charge < -0.3 is 5.32 Å². The summed E-state index contributed by atoms with van der Waals surface area (Å²) < 4.78 is 3.71. The number of aromatic amines is 1. The van der Waals surface area contributed by atoms with E-state index in [9.17, 15) is 9.59 Å². The Hall–Kier alpha value is -4.27. The Labute approximate surface area is 207 Å². The van der Waals surface area contributed by atoms with Crippen molar-refractivity contribution in [2.75, 3.05) is 0 Å². The van der Waals surface area contributed by atoms with E-state index in [2.05, 4.69) is 32.5 Å². The van der Waals surface area contributed by atoms with Crippen LogP contribution in [0.15, 0.2) is 66.0 Å². The lowest BCUT2D eigenvalue weighted by atomic mass is 9.82. The molecule has 0 aliphatic heterocycles. The number of aryl methyl sites for hydroxylation is 1. The first-order valence-corrected chi connectivity index (χ1v) is 12.4. The zero-order chi connectivity index (χ0) is 24.6. The van der Waals surface area contributed by atoms with Crippen molar-refractivity contribution >= 4 is 22.3 Å². The zero-order valence-electron chi connectivity index (χ0n) is 20.0. The van der Waals surface area contributed by atoms with Gasteiger partial charge in [0, 0.05) is 41.8 Å². The second-order valence-electron chi connectivity index (χ2n) is 9.38. The van der Waals surface area contributed by atoms with Gasteiger partial charge in [0.1, 0.15) is 11.3 Å². The Bertz CT molecular complexity index is 1620. The average Bonchev–Trinajstić information content (AvgIpc) is 3.57. The summed E-state index contributed by atoms with van der Waals surface area (Å²) in [6.07, 6.45) is 10.9. The van der Waals surface area contributed by atoms with E-state index in [1.807, 2.05) is 64.1 Å². The quantitative estimate of drug-likeness (QED) is 0.396. The molecule has 1 aliphatic rings. The van der Waals surface area contributed by atoms with Crippen molar-refractivity contribution in [1.82, 2.24) is 34.7 Å². The first-order valence-electron chi connectivity index (χ1n) is 12.4. The molecule has 2 N–H and O–H groups in total. The molecule has 0 unspecified atom stereocenters. The van der Waals surface area contributed by atoms with Gasteiger partial charge in [-0.25, -0.2) is 10.1 Å². The van der Waals surface area contributed by atoms with Crippen LogP contribution in [0.1, 0.15) is 54.7 Å². The number of rotatable bonds is 5. The highest BCUT2D eigenvalue weighted by molar-refractivity contribution is 5.93. The molecule has 0 radical (unpaired) electrons. The van der Waals surface area contributed by atoms with Gasteiger partial charge in [-0.15, -0.1) is 0 Å². The van der Waals surface area contributed by atoms with E-state index in [0.29, 0.717) is 11.1 Å². The zero-order valence-corrected chi connectivity index (χ0v) is 20.0. The number of nitrogens with one attached hydrogen (secondary N) is 2. The number of benzene rings is 1. The van der Waals surface area contributed by atoms with Crippen LogP contribution in [0.3, 0.4) is 0 Å². The van der Waals surface area contributed by atoms with Gasteiger partial charge in [0.2, 0.25) is 0 Å². The van der Waals surface area contributed by atoms with Crippen LogP contribution in [0.2, 0.25) is 0 Å². The van der Waals surface area contributed by atoms with E-state index in [1.165, 1.54) is 0 Å². The van der Waals surface area contributed by atoms with Gasteiger partial charge in [-0.3, -0.25) is 18.7 Å². The lowest BCUT2D eigenvalue weighted by molar-refractivity contribution is 0.0919. The number of fused-ring (bicyclic) bond motifs is 2. The van der Waals surface area contributed by atoms with Gasteiger partial charge in [0.05, 0.1) is 23.5 Å². The molecule has 0 bridgehead atoms. The summed E-state index contributed by atoms with van der Waals surface area (Å²) in [5, 5.41) is 16.2. The molecule has 1 saturated carbocycles. The third-order valence-corrected chi connectivity index (χ3v) is 7.21. The number of nitrogens with zero attached hydrogens (tertiary/aromatic N) is 5. The van der Waals surface area contributed by atoms with Gasteiger partial charge >= 0.3 is 0 Å². The minimum Gasteiger partial charge on any atom is -0.348 e. The molecule has 0 saturated heterocycles. The van der Waals surface area contributed by atoms with Crippen molar-refractivity contribution in [3.63, 3.8) is 0 Å². The minimum absolute atomic E-state index is 0.0903. The second-order valence-corrected chi connectivity index (χ2v) is 9.38. The summed E-state index contributed by atoms with van der Waals surface area (Å²) in [5.74, 6) is 0.135. The second kappa shape index (κ2) is 9.07. The lowest BCUT2D eigenvalue weighted by Crippen LogP contribution is -2.38. The van der Waals surface area contributed by atoms with Crippen molar-refractivity contribution in [3.05, 3.63) is 82.9 Å². The smallest absolute Gasteiger partial charge is 0.272 e. The molecule has 4 aromatic heterocycles. The molecule has 0 atom stereocenters. The van der Waals surface area contributed by atoms with E-state index >= 15 is 0 Å². The molecular formula is C27H27N7O2. The summed E-state index contributed by atoms with van der Waals surface area (Å²) in [7, 11) is 0. The van der Waals surface area contributed by atoms with Gasteiger partial charge in [0.25, 0.3) is 11.5 Å². The molecule has 5 aromatic rings. The molecular weight excluding hydrogens is 454 g/mol. The summed E-state index contributed by atoms with van der Waals surface area (Å²) in [5.41, 5.74) is 4.07. The molecule has 182 valence electrons. The summed E-state index contributed by atoms with van der Waals surface area (Å²) in [4.78, 5) is 29.7. The average molecular weight is 482 g/mol. The maximum absolute atomic E-state index is 13.1. The lowest BCUT2D eigenvalue weighted by Gasteiger charge is -2.29. The molecule has 4 heterocycles. The first kappa shape index (κ1) is 22.2. The van der Waals surface area contributed by atoms with Crippen LogP contribution in [0, 0.1) is 0 Å². The first-order chi connectivity index (χ1) is 17.6. The molecule has 0 spiro atoms. The normalized spacial score (nSPS) is 18.0. The Morgan fingerprint density at radius 1 is 1.08 bits per heavy atom. The SMILES string of the molecule is CCn1cc(-c2ccn3c(C(=O)N[C@H]4CC[C@H](c5n[nH]c(=O)c6ccccc65)CC4)cnc3c2)cn1. The van der Waals surface area contributed by atoms with Crippen LogP contribution in [0.25, 0.3) is 27.5 Å². The van der Waals surface area contributed by atoms with E-state index < -0.39 is 0 Å². The van der Waals surface area contributed by atoms with Crippen molar-refractivity contribution < 1.29 is 4.79 Å². The highest BCUT2D eigenvalue weighted by atomic mass is 16.2. The third kappa shape index (κ3) is 3.96. The molecule has 1 aromatic carbocycles. The number of H-pyrrole nitrogens is 1. The van der Waals surface area contributed by atoms with Gasteiger partial charge in [-0.05, 0) is 56.4 Å². The van der Waals surface area contributed by atoms with Crippen LogP contribution in [0.4, 0.5) is 0 Å². The Kier molecular flexibility index (Phi) is 5.59. The van der Waals surface area contributed by atoms with E-state index in [4.69, 9.17) is 0 Å². The summed E-state index contributed by atoms with van der Waals surface area (Å²) in [6.45, 7) is 2.87. The molecule has 36 heavy (non-hydrogen) atoms. The van der Waals surface area contributed by atoms with Crippen LogP contribution < -0.4 is 10.9 Å². The number of hydrogen-bond donors (Lipinski definition) is 2. The fourth-order valence-electron chi connectivity index (χ4n) is 5.23. The number of aromatic nitrogens is 6. The summed E-state index contributed by atoms with van der Waals surface area (Å²) >= 11 is 0. The fourth-order valence-corrected chi connectivity index (χ4v) is 5.23. The van der Waals surface area contributed by atoms with Crippen molar-refractivity contribution in [3.8, 4) is 11.1 Å². The van der Waals surface area contributed by atoms with Crippen molar-refractivity contribution in [2.24, 2.45) is 0 Å². The standard InChI is InChI=1S/C27H27N7O2/c1-2-33-16-19(14-29-33)18-11-12-34-23(15-28-24(34)13-18)27(36)30-20-9-7-17(8-10-20)25-21-5-3-4-6-22(21)26(35)32-31-25/h3-6,11-17,20H,2,7-10H2,1H3,(H,30,36)(H,32,35)/t17-,20-. The fraction of sp³-hybridized carbons (Fsp3) is 0.296. The van der Waals surface area contributed by atoms with Gasteiger partial charge in [-0.1, -0.05) is 18.2 Å². The van der Waals surface area contributed by atoms with Crippen molar-refractivity contribution in [1.29, 1.82) is 0 Å². The largest absolute Gasteiger partial charge is 0.348 e. The number of hydrogen-bond acceptors (Lipinski definition) is 5. The Morgan fingerprint density at radius 3 is 2.67 bits per heavy atom. The minimum atomic E-state index is -0.161. The molecule has 1 amide bonds. The predicted molar refractivity (Wildman–Crippen MR) is 137 cm³/mol. The molecule has 9 heteroatoms. The number of amides is 1. The molecule has 1 fully saturated rings. The van der Waals surface area contributed by atoms with Gasteiger partial charge in [-0.2, -0.15) is 10.2 Å². The molecule has 9 nitrogen and oxygen atoms in total. The Balaban J connectivity index is 1.14. The maximum atomic E-state index is 13.1. The number of carbonyl (C=O) groups excluding carboxylic acids is 1. The number of imidazole rings is 1. The molecule has 1 aliphatic carbocycles. The van der Waals surface area contributed by atoms with Gasteiger partial charge in [0.15, 0.2) is 0 Å². The van der Waals surface area contributed by atoms with Crippen molar-refractivity contribution in [2.45, 2.75) is 51.1 Å². The molecule has 6 rings (SSSR count). The highest BCUT2D eigenvalue weighted by Gasteiger charge is 2.27. The third-order valence-electron chi connectivity index (χ3n) is 7.21. The van der Waals surface area contributed by atoms with Crippen LogP contribution >= 0.6 is 0 Å². The topological polar surface area (TPSA) is 110 Å². The number of carbonyl (C=O) groups is 1. The predicted octanol–water partition coefficient (Wildman–Crippen LogP) is 3.91. The maximum Gasteiger partial charge on any atom is 0.272 e. The highest BCUT2D eigenvalue weighted by Crippen LogP contribution is 2.34. The number of pyridine rings is 1.